The number of benzene rings is 2. The van der Waals surface area contributed by atoms with Crippen LogP contribution in [0.25, 0.3) is 0 Å². The molecule has 5 rings (SSSR count). The molecule has 4 nitrogen and oxygen atoms in total. The molecule has 4 heteroatoms. The molecule has 0 amide bonds. The van der Waals surface area contributed by atoms with Gasteiger partial charge < -0.3 is 10.1 Å². The highest BCUT2D eigenvalue weighted by Gasteiger charge is 2.40. The standard InChI is InChI=1S/C22H27N3O/c1-2-5-17(6-3-1)13-25-11-12-26-21-16-24(15-20(21)25)14-19-8-4-7-18-9-10-23-22(18)19/h1-8,20-21,23H,9-16H2/t20-,21+/m1/s1. The number of likely N-dealkylation sites (tertiary alicyclic amines) is 1. The zero-order chi connectivity index (χ0) is 17.3. The fraction of sp³-hybridized carbons (Fsp3) is 0.455. The highest BCUT2D eigenvalue weighted by atomic mass is 16.5. The Balaban J connectivity index is 1.29. The summed E-state index contributed by atoms with van der Waals surface area (Å²) < 4.78 is 6.13. The van der Waals surface area contributed by atoms with Crippen LogP contribution < -0.4 is 5.32 Å². The molecule has 3 heterocycles. The zero-order valence-corrected chi connectivity index (χ0v) is 15.2. The van der Waals surface area contributed by atoms with Crippen LogP contribution >= 0.6 is 0 Å². The summed E-state index contributed by atoms with van der Waals surface area (Å²) in [5.41, 5.74) is 5.69. The Morgan fingerprint density at radius 2 is 1.92 bits per heavy atom. The van der Waals surface area contributed by atoms with Gasteiger partial charge in [-0.25, -0.2) is 0 Å². The van der Waals surface area contributed by atoms with Crippen molar-refractivity contribution in [3.63, 3.8) is 0 Å². The number of para-hydroxylation sites is 1. The normalized spacial score (nSPS) is 25.7. The van der Waals surface area contributed by atoms with Crippen LogP contribution in [0, 0.1) is 0 Å². The van der Waals surface area contributed by atoms with Crippen molar-refractivity contribution in [2.24, 2.45) is 0 Å². The molecule has 2 aromatic rings. The van der Waals surface area contributed by atoms with E-state index < -0.39 is 0 Å². The highest BCUT2D eigenvalue weighted by Crippen LogP contribution is 2.30. The summed E-state index contributed by atoms with van der Waals surface area (Å²) in [6, 6.07) is 18.1. The van der Waals surface area contributed by atoms with Crippen molar-refractivity contribution in [2.45, 2.75) is 31.7 Å². The van der Waals surface area contributed by atoms with Crippen molar-refractivity contribution in [2.75, 3.05) is 38.1 Å². The maximum atomic E-state index is 6.13. The van der Waals surface area contributed by atoms with Crippen molar-refractivity contribution in [3.8, 4) is 0 Å². The number of morpholine rings is 1. The third kappa shape index (κ3) is 3.13. The lowest BCUT2D eigenvalue weighted by Crippen LogP contribution is -2.50. The van der Waals surface area contributed by atoms with Gasteiger partial charge in [-0.05, 0) is 23.1 Å². The average molecular weight is 349 g/mol. The predicted molar refractivity (Wildman–Crippen MR) is 104 cm³/mol. The van der Waals surface area contributed by atoms with Crippen molar-refractivity contribution in [1.82, 2.24) is 9.80 Å². The first-order valence-electron chi connectivity index (χ1n) is 9.83. The fourth-order valence-corrected chi connectivity index (χ4v) is 4.76. The molecular weight excluding hydrogens is 322 g/mol. The van der Waals surface area contributed by atoms with E-state index in [0.29, 0.717) is 12.1 Å². The van der Waals surface area contributed by atoms with Gasteiger partial charge in [0.15, 0.2) is 0 Å². The van der Waals surface area contributed by atoms with E-state index in [0.717, 1.165) is 52.3 Å². The molecule has 0 aromatic heterocycles. The molecule has 0 saturated carbocycles. The smallest absolute Gasteiger partial charge is 0.0870 e. The summed E-state index contributed by atoms with van der Waals surface area (Å²) >= 11 is 0. The van der Waals surface area contributed by atoms with Gasteiger partial charge in [-0.15, -0.1) is 0 Å². The molecule has 0 radical (unpaired) electrons. The Labute approximate surface area is 155 Å². The van der Waals surface area contributed by atoms with Crippen LogP contribution in [0.15, 0.2) is 48.5 Å². The van der Waals surface area contributed by atoms with Crippen LogP contribution in [0.3, 0.4) is 0 Å². The van der Waals surface area contributed by atoms with E-state index in [1.165, 1.54) is 22.4 Å². The summed E-state index contributed by atoms with van der Waals surface area (Å²) in [6.45, 7) is 7.15. The molecule has 0 unspecified atom stereocenters. The monoisotopic (exact) mass is 349 g/mol. The van der Waals surface area contributed by atoms with E-state index >= 15 is 0 Å². The first-order chi connectivity index (χ1) is 12.9. The molecule has 2 aromatic carbocycles. The van der Waals surface area contributed by atoms with Crippen LogP contribution in [0.1, 0.15) is 16.7 Å². The van der Waals surface area contributed by atoms with Gasteiger partial charge in [0.2, 0.25) is 0 Å². The summed E-state index contributed by atoms with van der Waals surface area (Å²) in [7, 11) is 0. The molecule has 1 N–H and O–H groups in total. The van der Waals surface area contributed by atoms with Crippen molar-refractivity contribution >= 4 is 5.69 Å². The van der Waals surface area contributed by atoms with E-state index in [-0.39, 0.29) is 0 Å². The second kappa shape index (κ2) is 7.03. The fourth-order valence-electron chi connectivity index (χ4n) is 4.76. The van der Waals surface area contributed by atoms with Gasteiger partial charge in [-0.2, -0.15) is 0 Å². The lowest BCUT2D eigenvalue weighted by molar-refractivity contribution is -0.0504. The van der Waals surface area contributed by atoms with E-state index in [2.05, 4.69) is 63.6 Å². The largest absolute Gasteiger partial charge is 0.384 e. The van der Waals surface area contributed by atoms with E-state index in [4.69, 9.17) is 4.74 Å². The molecule has 26 heavy (non-hydrogen) atoms. The van der Waals surface area contributed by atoms with Crippen molar-refractivity contribution in [3.05, 3.63) is 65.2 Å². The molecule has 2 atom stereocenters. The van der Waals surface area contributed by atoms with Gasteiger partial charge in [0, 0.05) is 45.0 Å². The molecule has 3 aliphatic heterocycles. The number of nitrogens with zero attached hydrogens (tertiary/aromatic N) is 2. The minimum absolute atomic E-state index is 0.345. The molecular formula is C22H27N3O. The lowest BCUT2D eigenvalue weighted by Gasteiger charge is -2.37. The Kier molecular flexibility index (Phi) is 4.41. The number of hydrogen-bond acceptors (Lipinski definition) is 4. The molecule has 2 fully saturated rings. The second-order valence-electron chi connectivity index (χ2n) is 7.75. The third-order valence-electron chi connectivity index (χ3n) is 6.05. The van der Waals surface area contributed by atoms with Gasteiger partial charge in [0.05, 0.1) is 18.8 Å². The van der Waals surface area contributed by atoms with Crippen LogP contribution in [0.5, 0.6) is 0 Å². The summed E-state index contributed by atoms with van der Waals surface area (Å²) in [5, 5.41) is 3.58. The molecule has 136 valence electrons. The number of nitrogens with one attached hydrogen (secondary N) is 1. The minimum Gasteiger partial charge on any atom is -0.384 e. The highest BCUT2D eigenvalue weighted by molar-refractivity contribution is 5.61. The number of rotatable bonds is 4. The van der Waals surface area contributed by atoms with Gasteiger partial charge in [-0.1, -0.05) is 48.5 Å². The quantitative estimate of drug-likeness (QED) is 0.919. The van der Waals surface area contributed by atoms with Gasteiger partial charge in [0.1, 0.15) is 0 Å². The topological polar surface area (TPSA) is 27.7 Å². The van der Waals surface area contributed by atoms with E-state index in [9.17, 15) is 0 Å². The Morgan fingerprint density at radius 3 is 2.85 bits per heavy atom. The molecule has 3 aliphatic rings. The summed E-state index contributed by atoms with van der Waals surface area (Å²) in [6.07, 6.45) is 1.50. The Morgan fingerprint density at radius 1 is 1.00 bits per heavy atom. The van der Waals surface area contributed by atoms with Crippen LogP contribution in [0.2, 0.25) is 0 Å². The van der Waals surface area contributed by atoms with Crippen molar-refractivity contribution < 1.29 is 4.74 Å². The van der Waals surface area contributed by atoms with Gasteiger partial charge >= 0.3 is 0 Å². The third-order valence-corrected chi connectivity index (χ3v) is 6.05. The number of fused-ring (bicyclic) bond motifs is 2. The molecule has 0 bridgehead atoms. The molecule has 0 spiro atoms. The average Bonchev–Trinajstić information content (AvgIpc) is 3.30. The Hall–Kier alpha value is -1.88. The van der Waals surface area contributed by atoms with Crippen LogP contribution in [-0.4, -0.2) is 54.7 Å². The van der Waals surface area contributed by atoms with E-state index in [1.54, 1.807) is 0 Å². The molecule has 0 aliphatic carbocycles. The SMILES string of the molecule is c1ccc(CN2CCO[C@H]3CN(Cc4cccc5c4NCC5)C[C@H]32)cc1. The predicted octanol–water partition coefficient (Wildman–Crippen LogP) is 2.74. The zero-order valence-electron chi connectivity index (χ0n) is 15.2. The number of anilines is 1. The Bertz CT molecular complexity index is 763. The maximum Gasteiger partial charge on any atom is 0.0870 e. The number of hydrogen-bond donors (Lipinski definition) is 1. The van der Waals surface area contributed by atoms with Crippen LogP contribution in [-0.2, 0) is 24.2 Å². The number of ether oxygens (including phenoxy) is 1. The maximum absolute atomic E-state index is 6.13. The second-order valence-corrected chi connectivity index (χ2v) is 7.75. The summed E-state index contributed by atoms with van der Waals surface area (Å²) in [5.74, 6) is 0. The first kappa shape index (κ1) is 16.3. The lowest BCUT2D eigenvalue weighted by atomic mass is 10.1. The van der Waals surface area contributed by atoms with Crippen molar-refractivity contribution in [1.29, 1.82) is 0 Å². The van der Waals surface area contributed by atoms with Crippen LogP contribution in [0.4, 0.5) is 5.69 Å². The summed E-state index contributed by atoms with van der Waals surface area (Å²) in [4.78, 5) is 5.20. The first-order valence-corrected chi connectivity index (χ1v) is 9.83. The van der Waals surface area contributed by atoms with Gasteiger partial charge in [-0.3, -0.25) is 9.80 Å². The minimum atomic E-state index is 0.345. The van der Waals surface area contributed by atoms with E-state index in [1.807, 2.05) is 0 Å². The molecule has 2 saturated heterocycles. The van der Waals surface area contributed by atoms with Gasteiger partial charge in [0.25, 0.3) is 0 Å².